The average molecular weight is 210 g/mol. The van der Waals surface area contributed by atoms with Crippen LogP contribution in [0.2, 0.25) is 0 Å². The van der Waals surface area contributed by atoms with Crippen LogP contribution in [-0.4, -0.2) is 29.8 Å². The summed E-state index contributed by atoms with van der Waals surface area (Å²) in [6.45, 7) is 1.79. The van der Waals surface area contributed by atoms with Crippen LogP contribution in [0, 0.1) is 11.7 Å². The molecule has 1 aliphatic rings. The summed E-state index contributed by atoms with van der Waals surface area (Å²) in [4.78, 5) is 5.99. The highest BCUT2D eigenvalue weighted by Gasteiger charge is 2.21. The van der Waals surface area contributed by atoms with Crippen molar-refractivity contribution < 1.29 is 9.50 Å². The molecule has 82 valence electrons. The molecule has 0 amide bonds. The Bertz CT molecular complexity index is 324. The predicted molar refractivity (Wildman–Crippen MR) is 56.2 cm³/mol. The van der Waals surface area contributed by atoms with Crippen LogP contribution in [0.15, 0.2) is 18.3 Å². The lowest BCUT2D eigenvalue weighted by molar-refractivity contribution is 0.202. The van der Waals surface area contributed by atoms with Crippen molar-refractivity contribution in [1.82, 2.24) is 4.98 Å². The molecule has 0 unspecified atom stereocenters. The van der Waals surface area contributed by atoms with Gasteiger partial charge in [-0.05, 0) is 30.9 Å². The van der Waals surface area contributed by atoms with Gasteiger partial charge in [0.2, 0.25) is 0 Å². The molecule has 1 aromatic rings. The van der Waals surface area contributed by atoms with E-state index in [2.05, 4.69) is 4.98 Å². The lowest BCUT2D eigenvalue weighted by Gasteiger charge is -2.31. The summed E-state index contributed by atoms with van der Waals surface area (Å²) >= 11 is 0. The third kappa shape index (κ3) is 2.26. The maximum absolute atomic E-state index is 13.4. The lowest BCUT2D eigenvalue weighted by atomic mass is 9.98. The molecule has 0 aromatic carbocycles. The van der Waals surface area contributed by atoms with Gasteiger partial charge in [-0.15, -0.1) is 0 Å². The first-order valence-corrected chi connectivity index (χ1v) is 5.27. The van der Waals surface area contributed by atoms with Crippen molar-refractivity contribution >= 4 is 5.82 Å². The highest BCUT2D eigenvalue weighted by molar-refractivity contribution is 5.39. The molecule has 3 nitrogen and oxygen atoms in total. The SMILES string of the molecule is OCC1CCN(c2ncccc2F)CC1. The van der Waals surface area contributed by atoms with Gasteiger partial charge in [-0.2, -0.15) is 0 Å². The van der Waals surface area contributed by atoms with Gasteiger partial charge in [-0.1, -0.05) is 0 Å². The summed E-state index contributed by atoms with van der Waals surface area (Å²) in [6.07, 6.45) is 3.43. The van der Waals surface area contributed by atoms with Crippen LogP contribution in [0.5, 0.6) is 0 Å². The van der Waals surface area contributed by atoms with E-state index in [4.69, 9.17) is 5.11 Å². The van der Waals surface area contributed by atoms with Gasteiger partial charge in [-0.25, -0.2) is 9.37 Å². The van der Waals surface area contributed by atoms with Gasteiger partial charge in [0.15, 0.2) is 11.6 Å². The number of nitrogens with zero attached hydrogens (tertiary/aromatic N) is 2. The minimum absolute atomic E-state index is 0.235. The van der Waals surface area contributed by atoms with E-state index in [1.54, 1.807) is 12.3 Å². The van der Waals surface area contributed by atoms with Crippen LogP contribution in [-0.2, 0) is 0 Å². The largest absolute Gasteiger partial charge is 0.396 e. The molecule has 0 radical (unpaired) electrons. The number of piperidine rings is 1. The van der Waals surface area contributed by atoms with Crippen molar-refractivity contribution in [2.75, 3.05) is 24.6 Å². The molecular weight excluding hydrogens is 195 g/mol. The van der Waals surface area contributed by atoms with Gasteiger partial charge in [0.1, 0.15) is 0 Å². The van der Waals surface area contributed by atoms with Crippen molar-refractivity contribution in [3.63, 3.8) is 0 Å². The number of aliphatic hydroxyl groups is 1. The molecule has 1 N–H and O–H groups in total. The Labute approximate surface area is 88.6 Å². The second-order valence-electron chi connectivity index (χ2n) is 3.92. The van der Waals surface area contributed by atoms with Crippen molar-refractivity contribution in [3.05, 3.63) is 24.1 Å². The van der Waals surface area contributed by atoms with E-state index in [9.17, 15) is 4.39 Å². The number of hydrogen-bond acceptors (Lipinski definition) is 3. The normalized spacial score (nSPS) is 18.1. The standard InChI is InChI=1S/C11H15FN2O/c12-10-2-1-5-13-11(10)14-6-3-9(8-15)4-7-14/h1-2,5,9,15H,3-4,6-8H2. The number of aliphatic hydroxyl groups excluding tert-OH is 1. The van der Waals surface area contributed by atoms with Crippen molar-refractivity contribution in [2.24, 2.45) is 5.92 Å². The van der Waals surface area contributed by atoms with E-state index in [-0.39, 0.29) is 12.4 Å². The number of anilines is 1. The fourth-order valence-electron chi connectivity index (χ4n) is 1.94. The van der Waals surface area contributed by atoms with E-state index in [0.29, 0.717) is 11.7 Å². The molecule has 0 atom stereocenters. The summed E-state index contributed by atoms with van der Waals surface area (Å²) < 4.78 is 13.4. The predicted octanol–water partition coefficient (Wildman–Crippen LogP) is 1.43. The third-order valence-corrected chi connectivity index (χ3v) is 2.91. The van der Waals surface area contributed by atoms with Gasteiger partial charge in [0.25, 0.3) is 0 Å². The van der Waals surface area contributed by atoms with Gasteiger partial charge in [-0.3, -0.25) is 0 Å². The second-order valence-corrected chi connectivity index (χ2v) is 3.92. The molecule has 4 heteroatoms. The molecule has 0 aliphatic carbocycles. The topological polar surface area (TPSA) is 36.4 Å². The Morgan fingerprint density at radius 1 is 1.47 bits per heavy atom. The fraction of sp³-hybridized carbons (Fsp3) is 0.545. The molecular formula is C11H15FN2O. The summed E-state index contributed by atoms with van der Waals surface area (Å²) in [5.74, 6) is 0.543. The molecule has 2 heterocycles. The average Bonchev–Trinajstić information content (AvgIpc) is 2.30. The summed E-state index contributed by atoms with van der Waals surface area (Å²) in [7, 11) is 0. The highest BCUT2D eigenvalue weighted by Crippen LogP contribution is 2.22. The van der Waals surface area contributed by atoms with E-state index < -0.39 is 0 Å². The molecule has 1 aromatic heterocycles. The van der Waals surface area contributed by atoms with E-state index in [1.165, 1.54) is 6.07 Å². The van der Waals surface area contributed by atoms with Gasteiger partial charge in [0, 0.05) is 25.9 Å². The minimum Gasteiger partial charge on any atom is -0.396 e. The number of pyridine rings is 1. The minimum atomic E-state index is -0.264. The molecule has 1 aliphatic heterocycles. The maximum Gasteiger partial charge on any atom is 0.165 e. The second kappa shape index (κ2) is 4.57. The van der Waals surface area contributed by atoms with E-state index in [1.807, 2.05) is 4.90 Å². The van der Waals surface area contributed by atoms with Crippen molar-refractivity contribution in [2.45, 2.75) is 12.8 Å². The molecule has 1 saturated heterocycles. The zero-order valence-electron chi connectivity index (χ0n) is 8.56. The van der Waals surface area contributed by atoms with Crippen LogP contribution >= 0.6 is 0 Å². The first-order chi connectivity index (χ1) is 7.31. The first kappa shape index (κ1) is 10.4. The van der Waals surface area contributed by atoms with Gasteiger partial charge < -0.3 is 10.0 Å². The van der Waals surface area contributed by atoms with Crippen LogP contribution < -0.4 is 4.90 Å². The van der Waals surface area contributed by atoms with E-state index >= 15 is 0 Å². The number of rotatable bonds is 2. The Kier molecular flexibility index (Phi) is 3.16. The molecule has 2 rings (SSSR count). The number of hydrogen-bond donors (Lipinski definition) is 1. The number of aromatic nitrogens is 1. The highest BCUT2D eigenvalue weighted by atomic mass is 19.1. The molecule has 0 spiro atoms. The third-order valence-electron chi connectivity index (χ3n) is 2.91. The van der Waals surface area contributed by atoms with Gasteiger partial charge >= 0.3 is 0 Å². The summed E-state index contributed by atoms with van der Waals surface area (Å²) in [5.41, 5.74) is 0. The molecule has 0 saturated carbocycles. The quantitative estimate of drug-likeness (QED) is 0.802. The summed E-state index contributed by atoms with van der Waals surface area (Å²) in [5, 5.41) is 8.99. The maximum atomic E-state index is 13.4. The van der Waals surface area contributed by atoms with Crippen LogP contribution in [0.1, 0.15) is 12.8 Å². The Balaban J connectivity index is 2.04. The zero-order valence-corrected chi connectivity index (χ0v) is 8.56. The Hall–Kier alpha value is -1.16. The molecule has 1 fully saturated rings. The van der Waals surface area contributed by atoms with Crippen LogP contribution in [0.25, 0.3) is 0 Å². The zero-order chi connectivity index (χ0) is 10.7. The van der Waals surface area contributed by atoms with Crippen molar-refractivity contribution in [3.8, 4) is 0 Å². The van der Waals surface area contributed by atoms with Crippen LogP contribution in [0.3, 0.4) is 0 Å². The van der Waals surface area contributed by atoms with Gasteiger partial charge in [0.05, 0.1) is 0 Å². The Morgan fingerprint density at radius 2 is 2.20 bits per heavy atom. The monoisotopic (exact) mass is 210 g/mol. The summed E-state index contributed by atoms with van der Waals surface area (Å²) in [6, 6.07) is 3.03. The Morgan fingerprint density at radius 3 is 2.80 bits per heavy atom. The van der Waals surface area contributed by atoms with E-state index in [0.717, 1.165) is 25.9 Å². The molecule has 15 heavy (non-hydrogen) atoms. The van der Waals surface area contributed by atoms with Crippen molar-refractivity contribution in [1.29, 1.82) is 0 Å². The van der Waals surface area contributed by atoms with Crippen LogP contribution in [0.4, 0.5) is 10.2 Å². The lowest BCUT2D eigenvalue weighted by Crippen LogP contribution is -2.35. The number of halogens is 1. The first-order valence-electron chi connectivity index (χ1n) is 5.27. The fourth-order valence-corrected chi connectivity index (χ4v) is 1.94. The molecule has 0 bridgehead atoms. The smallest absolute Gasteiger partial charge is 0.165 e.